The molecule has 0 spiro atoms. The second-order valence-electron chi connectivity index (χ2n) is 10.3. The molecule has 2 heterocycles. The van der Waals surface area contributed by atoms with Crippen LogP contribution in [-0.2, 0) is 26.0 Å². The molecule has 214 valence electrons. The summed E-state index contributed by atoms with van der Waals surface area (Å²) in [5, 5.41) is 0.626. The van der Waals surface area contributed by atoms with Gasteiger partial charge in [-0.25, -0.2) is 18.4 Å². The van der Waals surface area contributed by atoms with E-state index in [1.165, 1.54) is 5.56 Å². The van der Waals surface area contributed by atoms with Gasteiger partial charge >= 0.3 is 5.97 Å². The van der Waals surface area contributed by atoms with Crippen molar-refractivity contribution in [1.82, 2.24) is 14.3 Å². The zero-order chi connectivity index (χ0) is 28.8. The number of nitrogens with zero attached hydrogens (tertiary/aromatic N) is 3. The van der Waals surface area contributed by atoms with E-state index in [1.807, 2.05) is 42.5 Å². The van der Waals surface area contributed by atoms with Crippen molar-refractivity contribution < 1.29 is 17.9 Å². The first-order valence-corrected chi connectivity index (χ1v) is 15.9. The van der Waals surface area contributed by atoms with Crippen LogP contribution in [0.2, 0.25) is 5.02 Å². The smallest absolute Gasteiger partial charge is 0.305 e. The Balaban J connectivity index is 1.39. The topological polar surface area (TPSA) is 89.5 Å². The van der Waals surface area contributed by atoms with Crippen LogP contribution in [0, 0.1) is 0 Å². The van der Waals surface area contributed by atoms with Crippen molar-refractivity contribution >= 4 is 38.6 Å². The Morgan fingerprint density at radius 1 is 0.951 bits per heavy atom. The summed E-state index contributed by atoms with van der Waals surface area (Å²) in [7, 11) is -3.68. The van der Waals surface area contributed by atoms with Crippen molar-refractivity contribution in [3.8, 4) is 11.3 Å². The maximum absolute atomic E-state index is 13.6. The van der Waals surface area contributed by atoms with Crippen LogP contribution in [0.5, 0.6) is 0 Å². The van der Waals surface area contributed by atoms with E-state index in [1.54, 1.807) is 29.4 Å². The lowest BCUT2D eigenvalue weighted by Crippen LogP contribution is -2.37. The minimum Gasteiger partial charge on any atom is -0.466 e. The Morgan fingerprint density at radius 3 is 2.39 bits per heavy atom. The lowest BCUT2D eigenvalue weighted by Gasteiger charge is -2.31. The monoisotopic (exact) mass is 591 g/mol. The van der Waals surface area contributed by atoms with Gasteiger partial charge in [0.1, 0.15) is 0 Å². The van der Waals surface area contributed by atoms with Crippen molar-refractivity contribution in [3.63, 3.8) is 0 Å². The van der Waals surface area contributed by atoms with Gasteiger partial charge in [0.05, 0.1) is 33.9 Å². The number of fused-ring (bicyclic) bond motifs is 1. The largest absolute Gasteiger partial charge is 0.466 e. The Kier molecular flexibility index (Phi) is 9.32. The second kappa shape index (κ2) is 13.1. The highest BCUT2D eigenvalue weighted by atomic mass is 35.5. The SMILES string of the molecule is CCOC(=O)CCCCc1nc2cc(S(=O)(=O)N3CCC(c4ccccc4)CC3)ccc2nc1-c1ccc(Cl)cc1. The van der Waals surface area contributed by atoms with Gasteiger partial charge in [0.25, 0.3) is 0 Å². The van der Waals surface area contributed by atoms with Gasteiger partial charge in [0.2, 0.25) is 10.0 Å². The molecule has 7 nitrogen and oxygen atoms in total. The summed E-state index contributed by atoms with van der Waals surface area (Å²) in [5.74, 6) is 0.153. The molecular formula is C32H34ClN3O4S. The number of hydrogen-bond donors (Lipinski definition) is 0. The molecule has 0 atom stereocenters. The van der Waals surface area contributed by atoms with E-state index in [9.17, 15) is 13.2 Å². The normalized spacial score (nSPS) is 14.8. The molecular weight excluding hydrogens is 558 g/mol. The van der Waals surface area contributed by atoms with Crippen LogP contribution in [0.4, 0.5) is 0 Å². The van der Waals surface area contributed by atoms with Crippen molar-refractivity contribution in [2.45, 2.75) is 56.3 Å². The number of piperidine rings is 1. The van der Waals surface area contributed by atoms with Gasteiger partial charge in [-0.3, -0.25) is 4.79 Å². The van der Waals surface area contributed by atoms with Crippen molar-refractivity contribution in [2.24, 2.45) is 0 Å². The number of ether oxygens (including phenoxy) is 1. The highest BCUT2D eigenvalue weighted by Gasteiger charge is 2.30. The highest BCUT2D eigenvalue weighted by Crippen LogP contribution is 2.32. The fourth-order valence-electron chi connectivity index (χ4n) is 5.34. The first-order valence-electron chi connectivity index (χ1n) is 14.1. The lowest BCUT2D eigenvalue weighted by atomic mass is 9.90. The molecule has 0 radical (unpaired) electrons. The van der Waals surface area contributed by atoms with E-state index in [0.29, 0.717) is 67.4 Å². The molecule has 5 rings (SSSR count). The molecule has 9 heteroatoms. The Hall–Kier alpha value is -3.33. The Morgan fingerprint density at radius 2 is 1.68 bits per heavy atom. The van der Waals surface area contributed by atoms with Gasteiger partial charge in [0.15, 0.2) is 0 Å². The summed E-state index contributed by atoms with van der Waals surface area (Å²) in [4.78, 5) is 21.8. The number of benzene rings is 3. The zero-order valence-corrected chi connectivity index (χ0v) is 24.7. The molecule has 41 heavy (non-hydrogen) atoms. The zero-order valence-electron chi connectivity index (χ0n) is 23.1. The van der Waals surface area contributed by atoms with Gasteiger partial charge in [-0.15, -0.1) is 0 Å². The summed E-state index contributed by atoms with van der Waals surface area (Å²) in [6.07, 6.45) is 3.88. The molecule has 0 bridgehead atoms. The van der Waals surface area contributed by atoms with E-state index in [-0.39, 0.29) is 10.9 Å². The third-order valence-corrected chi connectivity index (χ3v) is 9.68. The highest BCUT2D eigenvalue weighted by molar-refractivity contribution is 7.89. The third-order valence-electron chi connectivity index (χ3n) is 7.54. The number of unbranched alkanes of at least 4 members (excludes halogenated alkanes) is 1. The van der Waals surface area contributed by atoms with Crippen LogP contribution < -0.4 is 0 Å². The molecule has 3 aromatic carbocycles. The molecule has 1 aliphatic heterocycles. The van der Waals surface area contributed by atoms with Crippen molar-refractivity contribution in [3.05, 3.63) is 89.1 Å². The number of carbonyl (C=O) groups is 1. The van der Waals surface area contributed by atoms with Crippen LogP contribution in [0.1, 0.15) is 56.2 Å². The molecule has 1 saturated heterocycles. The van der Waals surface area contributed by atoms with Crippen molar-refractivity contribution in [1.29, 1.82) is 0 Å². The molecule has 0 N–H and O–H groups in total. The van der Waals surface area contributed by atoms with Gasteiger partial charge in [0, 0.05) is 30.1 Å². The number of rotatable bonds is 10. The lowest BCUT2D eigenvalue weighted by molar-refractivity contribution is -0.143. The van der Waals surface area contributed by atoms with Gasteiger partial charge < -0.3 is 4.74 Å². The fourth-order valence-corrected chi connectivity index (χ4v) is 6.96. The predicted octanol–water partition coefficient (Wildman–Crippen LogP) is 6.79. The van der Waals surface area contributed by atoms with E-state index in [0.717, 1.165) is 29.8 Å². The van der Waals surface area contributed by atoms with Crippen LogP contribution in [0.25, 0.3) is 22.3 Å². The predicted molar refractivity (Wildman–Crippen MR) is 161 cm³/mol. The first kappa shape index (κ1) is 29.2. The maximum atomic E-state index is 13.6. The molecule has 4 aromatic rings. The fraction of sp³-hybridized carbons (Fsp3) is 0.344. The van der Waals surface area contributed by atoms with E-state index >= 15 is 0 Å². The summed E-state index contributed by atoms with van der Waals surface area (Å²) < 4.78 is 33.9. The standard InChI is InChI=1S/C32H34ClN3O4S/c1-2-40-31(37)11-7-6-10-29-32(25-12-14-26(33)15-13-25)35-28-17-16-27(22-30(28)34-29)41(38,39)36-20-18-24(19-21-36)23-8-4-3-5-9-23/h3-5,8-9,12-17,22,24H,2,6-7,10-11,18-21H2,1H3. The average molecular weight is 592 g/mol. The Bertz CT molecular complexity index is 1600. The van der Waals surface area contributed by atoms with Crippen LogP contribution >= 0.6 is 11.6 Å². The van der Waals surface area contributed by atoms with E-state index in [2.05, 4.69) is 12.1 Å². The molecule has 0 aliphatic carbocycles. The van der Waals surface area contributed by atoms with Crippen LogP contribution in [-0.4, -0.2) is 48.4 Å². The van der Waals surface area contributed by atoms with Crippen LogP contribution in [0.15, 0.2) is 77.7 Å². The number of esters is 1. The van der Waals surface area contributed by atoms with Gasteiger partial charge in [-0.05, 0) is 80.8 Å². The summed E-state index contributed by atoms with van der Waals surface area (Å²) in [6.45, 7) is 3.12. The summed E-state index contributed by atoms with van der Waals surface area (Å²) in [5.41, 5.74) is 4.76. The number of aryl methyl sites for hydroxylation is 1. The molecule has 1 fully saturated rings. The number of aromatic nitrogens is 2. The minimum atomic E-state index is -3.68. The molecule has 0 amide bonds. The second-order valence-corrected chi connectivity index (χ2v) is 12.7. The Labute approximate surface area is 246 Å². The average Bonchev–Trinajstić information content (AvgIpc) is 3.00. The molecule has 1 aromatic heterocycles. The van der Waals surface area contributed by atoms with Crippen LogP contribution in [0.3, 0.4) is 0 Å². The maximum Gasteiger partial charge on any atom is 0.305 e. The molecule has 0 unspecified atom stereocenters. The van der Waals surface area contributed by atoms with Crippen molar-refractivity contribution in [2.75, 3.05) is 19.7 Å². The molecule has 0 saturated carbocycles. The first-order chi connectivity index (χ1) is 19.8. The van der Waals surface area contributed by atoms with Gasteiger partial charge in [-0.1, -0.05) is 54.1 Å². The summed E-state index contributed by atoms with van der Waals surface area (Å²) >= 11 is 6.11. The third kappa shape index (κ3) is 6.94. The number of hydrogen-bond acceptors (Lipinski definition) is 6. The van der Waals surface area contributed by atoms with E-state index < -0.39 is 10.0 Å². The quantitative estimate of drug-likeness (QED) is 0.149. The van der Waals surface area contributed by atoms with E-state index in [4.69, 9.17) is 26.3 Å². The number of sulfonamides is 1. The summed E-state index contributed by atoms with van der Waals surface area (Å²) in [6, 6.07) is 22.7. The number of halogens is 1. The number of carbonyl (C=O) groups excluding carboxylic acids is 1. The van der Waals surface area contributed by atoms with Gasteiger partial charge in [-0.2, -0.15) is 4.31 Å². The molecule has 1 aliphatic rings. The minimum absolute atomic E-state index is 0.210.